The molecule has 25 heavy (non-hydrogen) atoms. The Labute approximate surface area is 145 Å². The number of nitriles is 2. The van der Waals surface area contributed by atoms with Gasteiger partial charge in [-0.25, -0.2) is 0 Å². The minimum Gasteiger partial charge on any atom is -0.440 e. The van der Waals surface area contributed by atoms with Crippen molar-refractivity contribution in [1.29, 1.82) is 10.5 Å². The average molecular weight is 323 g/mol. The largest absolute Gasteiger partial charge is 0.440 e. The smallest absolute Gasteiger partial charge is 0.205 e. The molecular formula is C21H13N3O. The van der Waals surface area contributed by atoms with Crippen LogP contribution < -0.4 is 10.5 Å². The maximum absolute atomic E-state index is 9.67. The Hall–Kier alpha value is -3.76. The summed E-state index contributed by atoms with van der Waals surface area (Å²) in [5.74, 6) is 0.455. The quantitative estimate of drug-likeness (QED) is 0.735. The zero-order chi connectivity index (χ0) is 17.4. The van der Waals surface area contributed by atoms with Crippen molar-refractivity contribution >= 4 is 10.8 Å². The number of allylic oxidation sites excluding steroid dienone is 1. The van der Waals surface area contributed by atoms with E-state index in [2.05, 4.69) is 12.1 Å². The second kappa shape index (κ2) is 5.70. The molecule has 4 nitrogen and oxygen atoms in total. The molecule has 0 aliphatic carbocycles. The van der Waals surface area contributed by atoms with Crippen LogP contribution in [0, 0.1) is 22.7 Å². The van der Waals surface area contributed by atoms with Crippen LogP contribution in [0.1, 0.15) is 22.6 Å². The van der Waals surface area contributed by atoms with Crippen LogP contribution in [-0.4, -0.2) is 0 Å². The van der Waals surface area contributed by atoms with Gasteiger partial charge in [0.1, 0.15) is 17.4 Å². The molecule has 118 valence electrons. The number of hydrogen-bond acceptors (Lipinski definition) is 4. The van der Waals surface area contributed by atoms with Crippen molar-refractivity contribution in [3.63, 3.8) is 0 Å². The summed E-state index contributed by atoms with van der Waals surface area (Å²) in [7, 11) is 0. The molecule has 0 bridgehead atoms. The van der Waals surface area contributed by atoms with E-state index in [1.165, 1.54) is 0 Å². The van der Waals surface area contributed by atoms with Gasteiger partial charge >= 0.3 is 0 Å². The lowest BCUT2D eigenvalue weighted by Gasteiger charge is -2.27. The minimum absolute atomic E-state index is 0.125. The lowest BCUT2D eigenvalue weighted by molar-refractivity contribution is 0.395. The summed E-state index contributed by atoms with van der Waals surface area (Å²) in [5.41, 5.74) is 8.80. The van der Waals surface area contributed by atoms with Gasteiger partial charge in [0.15, 0.2) is 0 Å². The van der Waals surface area contributed by atoms with E-state index in [1.807, 2.05) is 48.5 Å². The van der Waals surface area contributed by atoms with Crippen molar-refractivity contribution in [1.82, 2.24) is 0 Å². The maximum atomic E-state index is 9.67. The number of ether oxygens (including phenoxy) is 1. The maximum Gasteiger partial charge on any atom is 0.205 e. The van der Waals surface area contributed by atoms with Crippen LogP contribution in [-0.2, 0) is 0 Å². The summed E-state index contributed by atoms with van der Waals surface area (Å²) in [5, 5.41) is 20.8. The van der Waals surface area contributed by atoms with Crippen LogP contribution in [0.25, 0.3) is 10.8 Å². The topological polar surface area (TPSA) is 82.8 Å². The van der Waals surface area contributed by atoms with E-state index in [9.17, 15) is 5.26 Å². The Morgan fingerprint density at radius 2 is 1.64 bits per heavy atom. The normalized spacial score (nSPS) is 15.8. The molecule has 0 amide bonds. The summed E-state index contributed by atoms with van der Waals surface area (Å²) in [6.45, 7) is 0. The molecule has 0 spiro atoms. The highest BCUT2D eigenvalue weighted by Crippen LogP contribution is 2.45. The summed E-state index contributed by atoms with van der Waals surface area (Å²) >= 11 is 0. The van der Waals surface area contributed by atoms with Gasteiger partial charge in [0.05, 0.1) is 17.6 Å². The molecule has 0 saturated carbocycles. The van der Waals surface area contributed by atoms with Gasteiger partial charge in [-0.05, 0) is 34.5 Å². The van der Waals surface area contributed by atoms with Gasteiger partial charge in [-0.3, -0.25) is 0 Å². The van der Waals surface area contributed by atoms with E-state index >= 15 is 0 Å². The van der Waals surface area contributed by atoms with Crippen molar-refractivity contribution in [2.45, 2.75) is 5.92 Å². The van der Waals surface area contributed by atoms with Crippen molar-refractivity contribution in [3.8, 4) is 17.9 Å². The van der Waals surface area contributed by atoms with Crippen LogP contribution in [0.5, 0.6) is 5.75 Å². The molecule has 0 radical (unpaired) electrons. The zero-order valence-electron chi connectivity index (χ0n) is 13.2. The average Bonchev–Trinajstić information content (AvgIpc) is 2.66. The van der Waals surface area contributed by atoms with E-state index in [4.69, 9.17) is 15.7 Å². The van der Waals surface area contributed by atoms with E-state index in [0.717, 1.165) is 21.9 Å². The standard InChI is InChI=1S/C21H13N3O/c22-11-13-5-7-15(8-6-13)19-17(12-23)21(24)25-18-10-9-14-3-1-2-4-16(14)20(18)19/h1-10,19H,24H2. The predicted molar refractivity (Wildman–Crippen MR) is 94.4 cm³/mol. The van der Waals surface area contributed by atoms with Gasteiger partial charge in [-0.2, -0.15) is 10.5 Å². The molecule has 1 aliphatic heterocycles. The third-order valence-electron chi connectivity index (χ3n) is 4.49. The lowest BCUT2D eigenvalue weighted by Crippen LogP contribution is -2.21. The van der Waals surface area contributed by atoms with E-state index in [0.29, 0.717) is 16.9 Å². The Bertz CT molecular complexity index is 1100. The first-order valence-electron chi connectivity index (χ1n) is 7.82. The molecule has 1 heterocycles. The lowest BCUT2D eigenvalue weighted by atomic mass is 9.81. The number of fused-ring (bicyclic) bond motifs is 3. The van der Waals surface area contributed by atoms with Crippen molar-refractivity contribution in [3.05, 3.63) is 88.8 Å². The Kier molecular flexibility index (Phi) is 3.38. The van der Waals surface area contributed by atoms with Gasteiger partial charge in [-0.15, -0.1) is 0 Å². The number of nitrogens with zero attached hydrogens (tertiary/aromatic N) is 2. The highest BCUT2D eigenvalue weighted by atomic mass is 16.5. The van der Waals surface area contributed by atoms with Crippen molar-refractivity contribution in [2.24, 2.45) is 5.73 Å². The summed E-state index contributed by atoms with van der Waals surface area (Å²) in [6.07, 6.45) is 0. The van der Waals surface area contributed by atoms with E-state index < -0.39 is 0 Å². The summed E-state index contributed by atoms with van der Waals surface area (Å²) in [6, 6.07) is 23.4. The highest BCUT2D eigenvalue weighted by molar-refractivity contribution is 5.90. The fourth-order valence-corrected chi connectivity index (χ4v) is 3.33. The second-order valence-electron chi connectivity index (χ2n) is 5.86. The van der Waals surface area contributed by atoms with Gasteiger partial charge < -0.3 is 10.5 Å². The Morgan fingerprint density at radius 3 is 2.36 bits per heavy atom. The zero-order valence-corrected chi connectivity index (χ0v) is 13.2. The van der Waals surface area contributed by atoms with Gasteiger partial charge in [0, 0.05) is 5.56 Å². The monoisotopic (exact) mass is 323 g/mol. The van der Waals surface area contributed by atoms with Crippen molar-refractivity contribution in [2.75, 3.05) is 0 Å². The van der Waals surface area contributed by atoms with E-state index in [-0.39, 0.29) is 11.8 Å². The van der Waals surface area contributed by atoms with Crippen molar-refractivity contribution < 1.29 is 4.74 Å². The number of benzene rings is 3. The molecule has 4 heteroatoms. The predicted octanol–water partition coefficient (Wildman–Crippen LogP) is 3.93. The Balaban J connectivity index is 2.02. The number of nitrogens with two attached hydrogens (primary N) is 1. The molecule has 1 aliphatic rings. The number of hydrogen-bond donors (Lipinski definition) is 1. The Morgan fingerprint density at radius 1 is 0.880 bits per heavy atom. The van der Waals surface area contributed by atoms with E-state index in [1.54, 1.807) is 12.1 Å². The molecule has 0 saturated heterocycles. The molecule has 3 aromatic carbocycles. The number of rotatable bonds is 1. The molecule has 0 fully saturated rings. The molecule has 4 rings (SSSR count). The molecule has 2 N–H and O–H groups in total. The van der Waals surface area contributed by atoms with Crippen LogP contribution >= 0.6 is 0 Å². The van der Waals surface area contributed by atoms with Crippen LogP contribution in [0.4, 0.5) is 0 Å². The fourth-order valence-electron chi connectivity index (χ4n) is 3.33. The first-order chi connectivity index (χ1) is 12.2. The molecular weight excluding hydrogens is 310 g/mol. The van der Waals surface area contributed by atoms with Crippen LogP contribution in [0.15, 0.2) is 72.1 Å². The third-order valence-corrected chi connectivity index (χ3v) is 4.49. The second-order valence-corrected chi connectivity index (χ2v) is 5.86. The molecule has 0 aromatic heterocycles. The summed E-state index contributed by atoms with van der Waals surface area (Å²) in [4.78, 5) is 0. The van der Waals surface area contributed by atoms with Gasteiger partial charge in [0.2, 0.25) is 5.88 Å². The molecule has 1 atom stereocenters. The van der Waals surface area contributed by atoms with Crippen LogP contribution in [0.3, 0.4) is 0 Å². The first kappa shape index (κ1) is 14.8. The van der Waals surface area contributed by atoms with Gasteiger partial charge in [0.25, 0.3) is 0 Å². The minimum atomic E-state index is -0.326. The highest BCUT2D eigenvalue weighted by Gasteiger charge is 2.32. The molecule has 1 unspecified atom stereocenters. The molecule has 3 aromatic rings. The van der Waals surface area contributed by atoms with Gasteiger partial charge in [-0.1, -0.05) is 42.5 Å². The van der Waals surface area contributed by atoms with Crippen LogP contribution in [0.2, 0.25) is 0 Å². The fraction of sp³-hybridized carbons (Fsp3) is 0.0476. The summed E-state index contributed by atoms with van der Waals surface area (Å²) < 4.78 is 5.72. The SMILES string of the molecule is N#CC1=C(N)Oc2ccc3ccccc3c2C1c1ccc(C#N)cc1. The third kappa shape index (κ3) is 2.29. The first-order valence-corrected chi connectivity index (χ1v) is 7.82.